The number of fused-ring (bicyclic) bond motifs is 1. The molecule has 1 fully saturated rings. The Morgan fingerprint density at radius 2 is 1.69 bits per heavy atom. The molecule has 1 saturated heterocycles. The van der Waals surface area contributed by atoms with Crippen LogP contribution in [-0.4, -0.2) is 74.7 Å². The summed E-state index contributed by atoms with van der Waals surface area (Å²) in [7, 11) is 0.977. The third-order valence-corrected chi connectivity index (χ3v) is 7.98. The second kappa shape index (κ2) is 9.67. The monoisotopic (exact) mass is 508 g/mol. The highest BCUT2D eigenvalue weighted by Crippen LogP contribution is 2.35. The summed E-state index contributed by atoms with van der Waals surface area (Å²) >= 11 is 0. The van der Waals surface area contributed by atoms with Crippen LogP contribution in [-0.2, 0) is 10.0 Å². The first-order chi connectivity index (χ1) is 17.4. The number of methoxy groups -OCH3 is 2. The Balaban J connectivity index is 1.43. The topological polar surface area (TPSA) is 102 Å². The van der Waals surface area contributed by atoms with Gasteiger partial charge in [-0.05, 0) is 49.5 Å². The molecule has 10 nitrogen and oxygen atoms in total. The number of likely N-dealkylation sites (N-methyl/N-ethyl adjacent to an activating group) is 1. The lowest BCUT2D eigenvalue weighted by atomic mass is 10.2. The SMILES string of the molecule is COc1cccc(S(=O)(=O)n2ccc3cnc(Nc4ccc(N5CCN(C)CC5)cc4)nc32)c1OC. The average Bonchev–Trinajstić information content (AvgIpc) is 3.33. The first kappa shape index (κ1) is 23.9. The Hall–Kier alpha value is -3.83. The number of para-hydroxylation sites is 1. The molecular formula is C25H28N6O4S. The van der Waals surface area contributed by atoms with E-state index >= 15 is 0 Å². The Kier molecular flexibility index (Phi) is 6.42. The second-order valence-corrected chi connectivity index (χ2v) is 10.3. The molecular weight excluding hydrogens is 480 g/mol. The zero-order chi connectivity index (χ0) is 25.3. The number of hydrogen-bond donors (Lipinski definition) is 1. The summed E-state index contributed by atoms with van der Waals surface area (Å²) in [5.74, 6) is 0.754. The Morgan fingerprint density at radius 1 is 0.944 bits per heavy atom. The fourth-order valence-electron chi connectivity index (χ4n) is 4.27. The lowest BCUT2D eigenvalue weighted by Gasteiger charge is -2.34. The molecule has 0 unspecified atom stereocenters. The van der Waals surface area contributed by atoms with Crippen molar-refractivity contribution in [2.75, 3.05) is 57.7 Å². The number of ether oxygens (including phenoxy) is 2. The third-order valence-electron chi connectivity index (χ3n) is 6.29. The van der Waals surface area contributed by atoms with E-state index in [1.165, 1.54) is 26.5 Å². The molecule has 2 aromatic carbocycles. The van der Waals surface area contributed by atoms with Gasteiger partial charge >= 0.3 is 0 Å². The average molecular weight is 509 g/mol. The van der Waals surface area contributed by atoms with E-state index in [4.69, 9.17) is 9.47 Å². The summed E-state index contributed by atoms with van der Waals surface area (Å²) < 4.78 is 38.9. The first-order valence-corrected chi connectivity index (χ1v) is 13.0. The molecule has 3 heterocycles. The van der Waals surface area contributed by atoms with Crippen LogP contribution in [0.3, 0.4) is 0 Å². The molecule has 1 aliphatic rings. The number of nitrogens with zero attached hydrogens (tertiary/aromatic N) is 5. The summed E-state index contributed by atoms with van der Waals surface area (Å²) in [5, 5.41) is 3.77. The number of anilines is 3. The lowest BCUT2D eigenvalue weighted by molar-refractivity contribution is 0.313. The molecule has 4 aromatic rings. The molecule has 0 amide bonds. The van der Waals surface area contributed by atoms with Gasteiger partial charge in [-0.3, -0.25) is 0 Å². The van der Waals surface area contributed by atoms with Crippen LogP contribution in [0.15, 0.2) is 65.8 Å². The zero-order valence-corrected chi connectivity index (χ0v) is 21.2. The van der Waals surface area contributed by atoms with Gasteiger partial charge in [0.05, 0.1) is 14.2 Å². The molecule has 0 aliphatic carbocycles. The van der Waals surface area contributed by atoms with Crippen molar-refractivity contribution in [2.45, 2.75) is 4.90 Å². The van der Waals surface area contributed by atoms with Gasteiger partial charge in [-0.25, -0.2) is 17.4 Å². The van der Waals surface area contributed by atoms with E-state index < -0.39 is 10.0 Å². The van der Waals surface area contributed by atoms with Crippen molar-refractivity contribution in [3.63, 3.8) is 0 Å². The predicted molar refractivity (Wildman–Crippen MR) is 139 cm³/mol. The zero-order valence-electron chi connectivity index (χ0n) is 20.4. The fraction of sp³-hybridized carbons (Fsp3) is 0.280. The van der Waals surface area contributed by atoms with Crippen molar-refractivity contribution in [1.82, 2.24) is 18.8 Å². The van der Waals surface area contributed by atoms with Gasteiger partial charge in [0, 0.05) is 55.3 Å². The fourth-order valence-corrected chi connectivity index (χ4v) is 5.74. The predicted octanol–water partition coefficient (Wildman–Crippen LogP) is 3.18. The van der Waals surface area contributed by atoms with Crippen LogP contribution in [0.25, 0.3) is 11.0 Å². The van der Waals surface area contributed by atoms with Crippen LogP contribution < -0.4 is 19.7 Å². The molecule has 0 radical (unpaired) electrons. The Bertz CT molecular complexity index is 1480. The highest BCUT2D eigenvalue weighted by atomic mass is 32.2. The molecule has 0 spiro atoms. The van der Waals surface area contributed by atoms with Crippen LogP contribution in [0.5, 0.6) is 11.5 Å². The summed E-state index contributed by atoms with van der Waals surface area (Å²) in [6, 6.07) is 14.5. The van der Waals surface area contributed by atoms with Crippen molar-refractivity contribution < 1.29 is 17.9 Å². The van der Waals surface area contributed by atoms with E-state index in [0.717, 1.165) is 41.5 Å². The van der Waals surface area contributed by atoms with Crippen molar-refractivity contribution in [3.05, 3.63) is 60.9 Å². The van der Waals surface area contributed by atoms with Crippen LogP contribution in [0, 0.1) is 0 Å². The molecule has 0 bridgehead atoms. The maximum atomic E-state index is 13.6. The van der Waals surface area contributed by atoms with Crippen LogP contribution >= 0.6 is 0 Å². The minimum absolute atomic E-state index is 0.0190. The number of benzene rings is 2. The van der Waals surface area contributed by atoms with Gasteiger partial charge in [0.15, 0.2) is 17.1 Å². The number of piperazine rings is 1. The van der Waals surface area contributed by atoms with Gasteiger partial charge in [-0.2, -0.15) is 4.98 Å². The quantitative estimate of drug-likeness (QED) is 0.403. The standard InChI is InChI=1S/C25H28N6O4S/c1-29-13-15-30(16-14-29)20-9-7-19(8-10-20)27-25-26-17-18-11-12-31(24(18)28-25)36(32,33)22-6-4-5-21(34-2)23(22)35-3/h4-12,17H,13-16H2,1-3H3,(H,26,27,28). The number of rotatable bonds is 7. The molecule has 188 valence electrons. The van der Waals surface area contributed by atoms with Gasteiger partial charge in [-0.1, -0.05) is 6.07 Å². The first-order valence-electron chi connectivity index (χ1n) is 11.5. The van der Waals surface area contributed by atoms with E-state index in [-0.39, 0.29) is 16.3 Å². The number of nitrogens with one attached hydrogen (secondary N) is 1. The van der Waals surface area contributed by atoms with Gasteiger partial charge in [0.1, 0.15) is 4.90 Å². The summed E-state index contributed by atoms with van der Waals surface area (Å²) in [5.41, 5.74) is 2.23. The maximum absolute atomic E-state index is 13.6. The molecule has 36 heavy (non-hydrogen) atoms. The Labute approximate surface area is 210 Å². The second-order valence-electron chi connectivity index (χ2n) is 8.54. The van der Waals surface area contributed by atoms with Gasteiger partial charge in [0.25, 0.3) is 10.0 Å². The number of aromatic nitrogens is 3. The van der Waals surface area contributed by atoms with Gasteiger partial charge in [0.2, 0.25) is 5.95 Å². The van der Waals surface area contributed by atoms with E-state index in [0.29, 0.717) is 17.1 Å². The van der Waals surface area contributed by atoms with E-state index in [2.05, 4.69) is 44.3 Å². The summed E-state index contributed by atoms with van der Waals surface area (Å²) in [6.07, 6.45) is 3.06. The molecule has 2 aromatic heterocycles. The van der Waals surface area contributed by atoms with Gasteiger partial charge in [-0.15, -0.1) is 0 Å². The largest absolute Gasteiger partial charge is 0.493 e. The summed E-state index contributed by atoms with van der Waals surface area (Å²) in [4.78, 5) is 13.5. The molecule has 11 heteroatoms. The molecule has 1 N–H and O–H groups in total. The molecule has 1 aliphatic heterocycles. The molecule has 0 saturated carbocycles. The van der Waals surface area contributed by atoms with Crippen LogP contribution in [0.4, 0.5) is 17.3 Å². The normalized spacial score (nSPS) is 14.7. The van der Waals surface area contributed by atoms with Crippen LogP contribution in [0.2, 0.25) is 0 Å². The van der Waals surface area contributed by atoms with Crippen molar-refractivity contribution in [3.8, 4) is 11.5 Å². The maximum Gasteiger partial charge on any atom is 0.273 e. The summed E-state index contributed by atoms with van der Waals surface area (Å²) in [6.45, 7) is 4.06. The van der Waals surface area contributed by atoms with E-state index in [1.807, 2.05) is 12.1 Å². The highest BCUT2D eigenvalue weighted by molar-refractivity contribution is 7.90. The minimum atomic E-state index is -4.02. The van der Waals surface area contributed by atoms with Crippen molar-refractivity contribution >= 4 is 38.4 Å². The lowest BCUT2D eigenvalue weighted by Crippen LogP contribution is -2.44. The molecule has 5 rings (SSSR count). The van der Waals surface area contributed by atoms with Crippen molar-refractivity contribution in [2.24, 2.45) is 0 Å². The van der Waals surface area contributed by atoms with Gasteiger partial charge < -0.3 is 24.6 Å². The minimum Gasteiger partial charge on any atom is -0.493 e. The molecule has 0 atom stereocenters. The van der Waals surface area contributed by atoms with E-state index in [1.54, 1.807) is 24.4 Å². The van der Waals surface area contributed by atoms with E-state index in [9.17, 15) is 8.42 Å². The number of hydrogen-bond acceptors (Lipinski definition) is 9. The van der Waals surface area contributed by atoms with Crippen LogP contribution in [0.1, 0.15) is 0 Å². The smallest absolute Gasteiger partial charge is 0.273 e. The Morgan fingerprint density at radius 3 is 2.39 bits per heavy atom. The third kappa shape index (κ3) is 4.42. The highest BCUT2D eigenvalue weighted by Gasteiger charge is 2.26. The van der Waals surface area contributed by atoms with Crippen molar-refractivity contribution in [1.29, 1.82) is 0 Å².